The average Bonchev–Trinajstić information content (AvgIpc) is 2.63. The number of hydrogen-bond acceptors (Lipinski definition) is 3. The lowest BCUT2D eigenvalue weighted by molar-refractivity contribution is -0.126. The minimum atomic E-state index is -0.196. The molecule has 5 heteroatoms. The van der Waals surface area contributed by atoms with Crippen LogP contribution in [0.4, 0.5) is 0 Å². The van der Waals surface area contributed by atoms with E-state index in [0.29, 0.717) is 6.54 Å². The highest BCUT2D eigenvalue weighted by Crippen LogP contribution is 2.18. The van der Waals surface area contributed by atoms with Crippen LogP contribution in [0.2, 0.25) is 0 Å². The van der Waals surface area contributed by atoms with Gasteiger partial charge in [-0.15, -0.1) is 0 Å². The van der Waals surface area contributed by atoms with Crippen molar-refractivity contribution in [3.05, 3.63) is 48.0 Å². The molecule has 2 aromatic rings. The number of hydrogen-bond donors (Lipinski definition) is 3. The van der Waals surface area contributed by atoms with Gasteiger partial charge < -0.3 is 16.4 Å². The third-order valence-electron chi connectivity index (χ3n) is 4.23. The Morgan fingerprint density at radius 2 is 1.84 bits per heavy atom. The van der Waals surface area contributed by atoms with Gasteiger partial charge in [0, 0.05) is 12.6 Å². The number of amides is 2. The van der Waals surface area contributed by atoms with Crippen LogP contribution in [0.5, 0.6) is 0 Å². The summed E-state index contributed by atoms with van der Waals surface area (Å²) in [5.74, 6) is -0.359. The van der Waals surface area contributed by atoms with E-state index in [4.69, 9.17) is 5.73 Å². The van der Waals surface area contributed by atoms with Crippen LogP contribution in [0, 0.1) is 0 Å². The van der Waals surface area contributed by atoms with Crippen molar-refractivity contribution in [3.63, 3.8) is 0 Å². The molecule has 0 aliphatic rings. The summed E-state index contributed by atoms with van der Waals surface area (Å²) in [6.45, 7) is 2.49. The number of benzene rings is 2. The number of nitrogens with one attached hydrogen (secondary N) is 2. The first-order chi connectivity index (χ1) is 12.1. The first kappa shape index (κ1) is 18.9. The van der Waals surface area contributed by atoms with Gasteiger partial charge in [0.2, 0.25) is 11.8 Å². The first-order valence-corrected chi connectivity index (χ1v) is 8.86. The van der Waals surface area contributed by atoms with Gasteiger partial charge in [-0.2, -0.15) is 0 Å². The monoisotopic (exact) mass is 341 g/mol. The van der Waals surface area contributed by atoms with Gasteiger partial charge in [-0.3, -0.25) is 9.59 Å². The van der Waals surface area contributed by atoms with E-state index in [0.717, 1.165) is 35.6 Å². The van der Waals surface area contributed by atoms with E-state index >= 15 is 0 Å². The minimum absolute atomic E-state index is 0.0216. The molecule has 0 saturated heterocycles. The Morgan fingerprint density at radius 3 is 2.60 bits per heavy atom. The normalized spacial score (nSPS) is 11.9. The summed E-state index contributed by atoms with van der Waals surface area (Å²) in [7, 11) is 0. The summed E-state index contributed by atoms with van der Waals surface area (Å²) in [6.07, 6.45) is 3.21. The van der Waals surface area contributed by atoms with Gasteiger partial charge in [0.1, 0.15) is 0 Å². The molecule has 0 aliphatic heterocycles. The zero-order valence-electron chi connectivity index (χ0n) is 14.8. The lowest BCUT2D eigenvalue weighted by Crippen LogP contribution is -2.45. The van der Waals surface area contributed by atoms with Crippen LogP contribution < -0.4 is 16.4 Å². The topological polar surface area (TPSA) is 84.2 Å². The molecule has 0 radical (unpaired) electrons. The summed E-state index contributed by atoms with van der Waals surface area (Å²) in [4.78, 5) is 24.1. The number of carbonyl (C=O) groups excluding carboxylic acids is 2. The molecule has 134 valence electrons. The average molecular weight is 341 g/mol. The Hall–Kier alpha value is -2.40. The smallest absolute Gasteiger partial charge is 0.239 e. The molecular formula is C20H27N3O2. The molecule has 0 saturated carbocycles. The van der Waals surface area contributed by atoms with E-state index < -0.39 is 0 Å². The second kappa shape index (κ2) is 9.79. The standard InChI is InChI=1S/C20H27N3O2/c1-2-3-10-17(13-21)23-20(25)14-22-19(24)12-16-9-6-8-15-7-4-5-11-18(15)16/h4-9,11,17H,2-3,10,12-14,21H2,1H3,(H,22,24)(H,23,25). The molecule has 4 N–H and O–H groups in total. The molecule has 0 spiro atoms. The first-order valence-electron chi connectivity index (χ1n) is 8.86. The highest BCUT2D eigenvalue weighted by atomic mass is 16.2. The summed E-state index contributed by atoms with van der Waals surface area (Å²) in [5, 5.41) is 7.73. The van der Waals surface area contributed by atoms with Crippen molar-refractivity contribution in [2.24, 2.45) is 5.73 Å². The quantitative estimate of drug-likeness (QED) is 0.653. The van der Waals surface area contributed by atoms with Gasteiger partial charge in [-0.25, -0.2) is 0 Å². The van der Waals surface area contributed by atoms with E-state index in [1.165, 1.54) is 0 Å². The van der Waals surface area contributed by atoms with Crippen molar-refractivity contribution in [2.45, 2.75) is 38.6 Å². The summed E-state index contributed by atoms with van der Waals surface area (Å²) in [5.41, 5.74) is 6.63. The summed E-state index contributed by atoms with van der Waals surface area (Å²) in [6, 6.07) is 13.8. The van der Waals surface area contributed by atoms with E-state index in [-0.39, 0.29) is 30.8 Å². The van der Waals surface area contributed by atoms with Gasteiger partial charge in [-0.05, 0) is 22.8 Å². The third kappa shape index (κ3) is 5.87. The summed E-state index contributed by atoms with van der Waals surface area (Å²) < 4.78 is 0. The van der Waals surface area contributed by atoms with Crippen LogP contribution in [0.25, 0.3) is 10.8 Å². The number of rotatable bonds is 9. The number of carbonyl (C=O) groups is 2. The van der Waals surface area contributed by atoms with Crippen LogP contribution in [-0.4, -0.2) is 30.9 Å². The Kier molecular flexibility index (Phi) is 7.41. The summed E-state index contributed by atoms with van der Waals surface area (Å²) >= 11 is 0. The predicted molar refractivity (Wildman–Crippen MR) is 101 cm³/mol. The van der Waals surface area contributed by atoms with Crippen LogP contribution in [0.15, 0.2) is 42.5 Å². The maximum Gasteiger partial charge on any atom is 0.239 e. The van der Waals surface area contributed by atoms with Crippen molar-refractivity contribution < 1.29 is 9.59 Å². The molecule has 1 unspecified atom stereocenters. The molecule has 0 aliphatic carbocycles. The number of fused-ring (bicyclic) bond motifs is 1. The number of nitrogens with two attached hydrogens (primary N) is 1. The van der Waals surface area contributed by atoms with Crippen molar-refractivity contribution >= 4 is 22.6 Å². The second-order valence-corrected chi connectivity index (χ2v) is 6.23. The highest BCUT2D eigenvalue weighted by molar-refractivity contribution is 5.91. The highest BCUT2D eigenvalue weighted by Gasteiger charge is 2.12. The van der Waals surface area contributed by atoms with E-state index in [2.05, 4.69) is 17.6 Å². The lowest BCUT2D eigenvalue weighted by Gasteiger charge is -2.16. The van der Waals surface area contributed by atoms with Gasteiger partial charge >= 0.3 is 0 Å². The molecule has 5 nitrogen and oxygen atoms in total. The molecule has 0 aromatic heterocycles. The molecule has 0 heterocycles. The van der Waals surface area contributed by atoms with Crippen molar-refractivity contribution in [1.82, 2.24) is 10.6 Å². The molecule has 0 bridgehead atoms. The van der Waals surface area contributed by atoms with E-state index in [1.54, 1.807) is 0 Å². The molecule has 1 atom stereocenters. The van der Waals surface area contributed by atoms with Crippen molar-refractivity contribution in [2.75, 3.05) is 13.1 Å². The van der Waals surface area contributed by atoms with Crippen molar-refractivity contribution in [3.8, 4) is 0 Å². The molecule has 2 rings (SSSR count). The van der Waals surface area contributed by atoms with Crippen LogP contribution >= 0.6 is 0 Å². The Morgan fingerprint density at radius 1 is 1.08 bits per heavy atom. The molecule has 25 heavy (non-hydrogen) atoms. The predicted octanol–water partition coefficient (Wildman–Crippen LogP) is 2.13. The fraction of sp³-hybridized carbons (Fsp3) is 0.400. The van der Waals surface area contributed by atoms with Crippen molar-refractivity contribution in [1.29, 1.82) is 0 Å². The Balaban J connectivity index is 1.84. The van der Waals surface area contributed by atoms with Gasteiger partial charge in [0.15, 0.2) is 0 Å². The molecule has 2 amide bonds. The molecule has 0 fully saturated rings. The second-order valence-electron chi connectivity index (χ2n) is 6.23. The van der Waals surface area contributed by atoms with Crippen LogP contribution in [0.3, 0.4) is 0 Å². The zero-order valence-corrected chi connectivity index (χ0v) is 14.8. The third-order valence-corrected chi connectivity index (χ3v) is 4.23. The Bertz CT molecular complexity index is 710. The largest absolute Gasteiger partial charge is 0.351 e. The van der Waals surface area contributed by atoms with Crippen LogP contribution in [-0.2, 0) is 16.0 Å². The fourth-order valence-corrected chi connectivity index (χ4v) is 2.84. The fourth-order valence-electron chi connectivity index (χ4n) is 2.84. The lowest BCUT2D eigenvalue weighted by atomic mass is 10.0. The van der Waals surface area contributed by atoms with Gasteiger partial charge in [0.05, 0.1) is 13.0 Å². The molecular weight excluding hydrogens is 314 g/mol. The van der Waals surface area contributed by atoms with Gasteiger partial charge in [-0.1, -0.05) is 62.2 Å². The maximum atomic E-state index is 12.2. The SMILES string of the molecule is CCCCC(CN)NC(=O)CNC(=O)Cc1cccc2ccccc12. The van der Waals surface area contributed by atoms with Gasteiger partial charge in [0.25, 0.3) is 0 Å². The zero-order chi connectivity index (χ0) is 18.1. The van der Waals surface area contributed by atoms with E-state index in [9.17, 15) is 9.59 Å². The number of unbranched alkanes of at least 4 members (excludes halogenated alkanes) is 1. The minimum Gasteiger partial charge on any atom is -0.351 e. The Labute approximate surface area is 149 Å². The van der Waals surface area contributed by atoms with E-state index in [1.807, 2.05) is 42.5 Å². The van der Waals surface area contributed by atoms with Crippen LogP contribution in [0.1, 0.15) is 31.7 Å². The molecule has 2 aromatic carbocycles. The maximum absolute atomic E-state index is 12.2.